The average molecular weight is 306 g/mol. The average Bonchev–Trinajstić information content (AvgIpc) is 2.50. The Morgan fingerprint density at radius 2 is 2.25 bits per heavy atom. The molecular weight excluding hydrogens is 286 g/mol. The first-order valence-corrected chi connectivity index (χ1v) is 7.25. The van der Waals surface area contributed by atoms with E-state index in [1.807, 2.05) is 18.4 Å². The van der Waals surface area contributed by atoms with Gasteiger partial charge in [0.25, 0.3) is 0 Å². The first-order chi connectivity index (χ1) is 7.41. The van der Waals surface area contributed by atoms with Gasteiger partial charge in [-0.05, 0) is 47.3 Å². The van der Waals surface area contributed by atoms with Crippen LogP contribution in [0.25, 0.3) is 0 Å². The van der Waals surface area contributed by atoms with E-state index in [-0.39, 0.29) is 0 Å². The maximum Gasteiger partial charge on any atom is 0.0680 e. The van der Waals surface area contributed by atoms with Crippen LogP contribution in [0, 0.1) is 0 Å². The van der Waals surface area contributed by atoms with Gasteiger partial charge in [0.1, 0.15) is 0 Å². The maximum absolute atomic E-state index is 10.3. The third-order valence-corrected chi connectivity index (χ3v) is 4.37. The zero-order chi connectivity index (χ0) is 12.2. The molecule has 1 heterocycles. The molecular formula is C12H20BrNOS. The van der Waals surface area contributed by atoms with Crippen LogP contribution in [0.4, 0.5) is 0 Å². The monoisotopic (exact) mass is 305 g/mol. The third kappa shape index (κ3) is 4.95. The zero-order valence-electron chi connectivity index (χ0n) is 10.1. The molecule has 0 amide bonds. The Morgan fingerprint density at radius 3 is 2.75 bits per heavy atom. The molecule has 0 bridgehead atoms. The fraction of sp³-hybridized carbons (Fsp3) is 0.667. The van der Waals surface area contributed by atoms with Crippen LogP contribution in [-0.4, -0.2) is 23.3 Å². The Balaban J connectivity index is 2.42. The minimum Gasteiger partial charge on any atom is -0.390 e. The summed E-state index contributed by atoms with van der Waals surface area (Å²) in [7, 11) is 0. The van der Waals surface area contributed by atoms with Crippen molar-refractivity contribution in [1.29, 1.82) is 0 Å². The molecule has 0 fully saturated rings. The standard InChI is InChI=1S/C12H20BrNOS/c1-9(2)14-6-5-12(3,15)8-11-10(13)4-7-16-11/h4,7,9,14-15H,5-6,8H2,1-3H3. The fourth-order valence-corrected chi connectivity index (χ4v) is 3.19. The summed E-state index contributed by atoms with van der Waals surface area (Å²) in [6.45, 7) is 6.99. The predicted molar refractivity (Wildman–Crippen MR) is 74.1 cm³/mol. The zero-order valence-corrected chi connectivity index (χ0v) is 12.5. The highest BCUT2D eigenvalue weighted by molar-refractivity contribution is 9.10. The lowest BCUT2D eigenvalue weighted by Crippen LogP contribution is -2.34. The molecule has 0 radical (unpaired) electrons. The number of aliphatic hydroxyl groups is 1. The number of nitrogens with one attached hydrogen (secondary N) is 1. The summed E-state index contributed by atoms with van der Waals surface area (Å²) in [6, 6.07) is 2.51. The second-order valence-electron chi connectivity index (χ2n) is 4.72. The van der Waals surface area contributed by atoms with Crippen molar-refractivity contribution in [2.75, 3.05) is 6.54 Å². The van der Waals surface area contributed by atoms with Crippen molar-refractivity contribution >= 4 is 27.3 Å². The van der Waals surface area contributed by atoms with Crippen molar-refractivity contribution in [3.05, 3.63) is 20.8 Å². The Bertz CT molecular complexity index is 323. The first-order valence-electron chi connectivity index (χ1n) is 5.58. The van der Waals surface area contributed by atoms with Crippen LogP contribution < -0.4 is 5.32 Å². The van der Waals surface area contributed by atoms with Crippen molar-refractivity contribution < 1.29 is 5.11 Å². The van der Waals surface area contributed by atoms with Crippen molar-refractivity contribution in [1.82, 2.24) is 5.32 Å². The van der Waals surface area contributed by atoms with Gasteiger partial charge in [0.2, 0.25) is 0 Å². The van der Waals surface area contributed by atoms with Gasteiger partial charge in [0.15, 0.2) is 0 Å². The molecule has 1 aromatic rings. The molecule has 0 saturated heterocycles. The molecule has 1 unspecified atom stereocenters. The molecule has 2 nitrogen and oxygen atoms in total. The summed E-state index contributed by atoms with van der Waals surface area (Å²) in [4.78, 5) is 1.22. The summed E-state index contributed by atoms with van der Waals surface area (Å²) in [5, 5.41) is 15.6. The molecule has 1 rings (SSSR count). The SMILES string of the molecule is CC(C)NCCC(C)(O)Cc1sccc1Br. The lowest BCUT2D eigenvalue weighted by Gasteiger charge is -2.23. The van der Waals surface area contributed by atoms with Crippen LogP contribution >= 0.6 is 27.3 Å². The van der Waals surface area contributed by atoms with E-state index in [2.05, 4.69) is 35.1 Å². The van der Waals surface area contributed by atoms with Gasteiger partial charge in [-0.3, -0.25) is 0 Å². The van der Waals surface area contributed by atoms with Gasteiger partial charge in [0.05, 0.1) is 5.60 Å². The summed E-state index contributed by atoms with van der Waals surface area (Å²) in [6.07, 6.45) is 1.49. The maximum atomic E-state index is 10.3. The first kappa shape index (κ1) is 14.2. The van der Waals surface area contributed by atoms with E-state index in [0.29, 0.717) is 12.5 Å². The van der Waals surface area contributed by atoms with Gasteiger partial charge in [-0.1, -0.05) is 13.8 Å². The number of rotatable bonds is 6. The van der Waals surface area contributed by atoms with E-state index in [4.69, 9.17) is 0 Å². The van der Waals surface area contributed by atoms with Crippen LogP contribution in [0.5, 0.6) is 0 Å². The Labute approximate surface area is 110 Å². The fourth-order valence-electron chi connectivity index (χ4n) is 1.52. The van der Waals surface area contributed by atoms with E-state index >= 15 is 0 Å². The molecule has 1 atom stereocenters. The number of hydrogen-bond acceptors (Lipinski definition) is 3. The summed E-state index contributed by atoms with van der Waals surface area (Å²) >= 11 is 5.18. The summed E-state index contributed by atoms with van der Waals surface area (Å²) in [5.74, 6) is 0. The van der Waals surface area contributed by atoms with E-state index < -0.39 is 5.60 Å². The Kier molecular flexibility index (Phi) is 5.44. The van der Waals surface area contributed by atoms with E-state index in [0.717, 1.165) is 17.4 Å². The van der Waals surface area contributed by atoms with E-state index in [1.54, 1.807) is 11.3 Å². The van der Waals surface area contributed by atoms with Gasteiger partial charge in [-0.25, -0.2) is 0 Å². The normalized spacial score (nSPS) is 15.4. The second-order valence-corrected chi connectivity index (χ2v) is 6.58. The molecule has 0 aliphatic rings. The minimum atomic E-state index is -0.630. The Hall–Kier alpha value is 0.100. The molecule has 0 aromatic carbocycles. The quantitative estimate of drug-likeness (QED) is 0.846. The third-order valence-electron chi connectivity index (χ3n) is 2.45. The van der Waals surface area contributed by atoms with Crippen molar-refractivity contribution in [2.45, 2.75) is 45.3 Å². The highest BCUT2D eigenvalue weighted by atomic mass is 79.9. The van der Waals surface area contributed by atoms with Gasteiger partial charge < -0.3 is 10.4 Å². The predicted octanol–water partition coefficient (Wildman–Crippen LogP) is 3.19. The largest absolute Gasteiger partial charge is 0.390 e. The minimum absolute atomic E-state index is 0.476. The molecule has 0 spiro atoms. The lowest BCUT2D eigenvalue weighted by atomic mass is 9.97. The van der Waals surface area contributed by atoms with Crippen LogP contribution in [-0.2, 0) is 6.42 Å². The van der Waals surface area contributed by atoms with E-state index in [9.17, 15) is 5.11 Å². The number of halogens is 1. The number of hydrogen-bond donors (Lipinski definition) is 2. The molecule has 92 valence electrons. The molecule has 0 aliphatic carbocycles. The van der Waals surface area contributed by atoms with Crippen LogP contribution in [0.1, 0.15) is 32.1 Å². The molecule has 1 aromatic heterocycles. The highest BCUT2D eigenvalue weighted by Crippen LogP contribution is 2.27. The van der Waals surface area contributed by atoms with E-state index in [1.165, 1.54) is 4.88 Å². The molecule has 2 N–H and O–H groups in total. The molecule has 16 heavy (non-hydrogen) atoms. The van der Waals surface area contributed by atoms with Crippen LogP contribution in [0.2, 0.25) is 0 Å². The van der Waals surface area contributed by atoms with Crippen molar-refractivity contribution in [3.63, 3.8) is 0 Å². The van der Waals surface area contributed by atoms with Crippen LogP contribution in [0.15, 0.2) is 15.9 Å². The molecule has 4 heteroatoms. The lowest BCUT2D eigenvalue weighted by molar-refractivity contribution is 0.0517. The summed E-state index contributed by atoms with van der Waals surface area (Å²) in [5.41, 5.74) is -0.630. The van der Waals surface area contributed by atoms with Crippen molar-refractivity contribution in [2.24, 2.45) is 0 Å². The second kappa shape index (κ2) is 6.15. The topological polar surface area (TPSA) is 32.3 Å². The van der Waals surface area contributed by atoms with Crippen LogP contribution in [0.3, 0.4) is 0 Å². The molecule has 0 aliphatic heterocycles. The van der Waals surface area contributed by atoms with Gasteiger partial charge in [-0.15, -0.1) is 11.3 Å². The number of thiophene rings is 1. The van der Waals surface area contributed by atoms with Gasteiger partial charge in [-0.2, -0.15) is 0 Å². The van der Waals surface area contributed by atoms with Gasteiger partial charge in [0, 0.05) is 21.8 Å². The highest BCUT2D eigenvalue weighted by Gasteiger charge is 2.22. The molecule has 0 saturated carbocycles. The Morgan fingerprint density at radius 1 is 1.56 bits per heavy atom. The smallest absolute Gasteiger partial charge is 0.0680 e. The van der Waals surface area contributed by atoms with Crippen molar-refractivity contribution in [3.8, 4) is 0 Å². The van der Waals surface area contributed by atoms with Gasteiger partial charge >= 0.3 is 0 Å². The summed E-state index contributed by atoms with van der Waals surface area (Å²) < 4.78 is 1.11.